The van der Waals surface area contributed by atoms with Crippen molar-refractivity contribution in [3.63, 3.8) is 0 Å². The lowest BCUT2D eigenvalue weighted by Crippen LogP contribution is -2.14. The van der Waals surface area contributed by atoms with E-state index < -0.39 is 0 Å². The molecule has 26 heavy (non-hydrogen) atoms. The fourth-order valence-electron chi connectivity index (χ4n) is 2.75. The van der Waals surface area contributed by atoms with E-state index in [9.17, 15) is 4.79 Å². The first kappa shape index (κ1) is 21.7. The number of ether oxygens (including phenoxy) is 3. The number of aryl methyl sites for hydroxylation is 1. The number of hydrogen-bond donors (Lipinski definition) is 0. The van der Waals surface area contributed by atoms with Crippen LogP contribution in [0.25, 0.3) is 11.0 Å². The largest absolute Gasteiger partial charge is 0.495 e. The molecule has 0 saturated heterocycles. The predicted octanol–water partition coefficient (Wildman–Crippen LogP) is 4.89. The van der Waals surface area contributed by atoms with Crippen LogP contribution in [0.5, 0.6) is 5.75 Å². The van der Waals surface area contributed by atoms with Crippen LogP contribution in [0.3, 0.4) is 0 Å². The Hall–Kier alpha value is -0.600. The zero-order valence-corrected chi connectivity index (χ0v) is 18.8. The Morgan fingerprint density at radius 3 is 2.54 bits per heavy atom. The highest BCUT2D eigenvalue weighted by Crippen LogP contribution is 2.39. The highest BCUT2D eigenvalue weighted by Gasteiger charge is 2.22. The van der Waals surface area contributed by atoms with E-state index in [2.05, 4.69) is 31.9 Å². The molecule has 144 valence electrons. The summed E-state index contributed by atoms with van der Waals surface area (Å²) in [6.45, 7) is 5.44. The van der Waals surface area contributed by atoms with E-state index in [4.69, 9.17) is 30.2 Å². The fourth-order valence-corrected chi connectivity index (χ4v) is 4.33. The quantitative estimate of drug-likeness (QED) is 0.272. The topological polar surface area (TPSA) is 57.9 Å². The normalized spacial score (nSPS) is 12.5. The van der Waals surface area contributed by atoms with Crippen molar-refractivity contribution in [2.75, 3.05) is 39.4 Å². The second-order valence-electron chi connectivity index (χ2n) is 5.67. The highest BCUT2D eigenvalue weighted by molar-refractivity contribution is 9.10. The molecule has 0 aliphatic rings. The fraction of sp³-hybridized carbons (Fsp3) is 0.500. The summed E-state index contributed by atoms with van der Waals surface area (Å²) in [5, 5.41) is 0.844. The molecule has 2 rings (SSSR count). The number of benzene rings is 1. The summed E-state index contributed by atoms with van der Waals surface area (Å²) < 4.78 is 22.7. The molecular weight excluding hydrogens is 491 g/mol. The second kappa shape index (κ2) is 10.1. The monoisotopic (exact) mass is 510 g/mol. The van der Waals surface area contributed by atoms with Crippen molar-refractivity contribution in [1.29, 1.82) is 0 Å². The van der Waals surface area contributed by atoms with Crippen LogP contribution in [0.15, 0.2) is 19.8 Å². The van der Waals surface area contributed by atoms with E-state index in [1.54, 1.807) is 14.0 Å². The summed E-state index contributed by atoms with van der Waals surface area (Å²) in [6, 6.07) is 1.91. The molecule has 8 heteroatoms. The van der Waals surface area contributed by atoms with E-state index in [1.165, 1.54) is 0 Å². The average Bonchev–Trinajstić information content (AvgIpc) is 2.60. The summed E-state index contributed by atoms with van der Waals surface area (Å²) in [6.07, 6.45) is 0. The minimum absolute atomic E-state index is 0.165. The van der Waals surface area contributed by atoms with Crippen LogP contribution in [0.2, 0.25) is 0 Å². The van der Waals surface area contributed by atoms with Gasteiger partial charge in [-0.2, -0.15) is 0 Å². The van der Waals surface area contributed by atoms with Crippen molar-refractivity contribution in [3.05, 3.63) is 37.6 Å². The maximum atomic E-state index is 12.3. The van der Waals surface area contributed by atoms with Crippen LogP contribution < -0.4 is 10.4 Å². The Morgan fingerprint density at radius 2 is 1.88 bits per heavy atom. The van der Waals surface area contributed by atoms with E-state index >= 15 is 0 Å². The molecule has 1 aromatic carbocycles. The molecule has 2 aromatic rings. The summed E-state index contributed by atoms with van der Waals surface area (Å²) in [5.74, 6) is 1.11. The Labute approximate surface area is 174 Å². The molecular formula is C18H21Br2ClO5. The Balaban J connectivity index is 2.33. The van der Waals surface area contributed by atoms with Gasteiger partial charge in [0.2, 0.25) is 0 Å². The molecule has 1 aromatic heterocycles. The summed E-state index contributed by atoms with van der Waals surface area (Å²) >= 11 is 12.7. The minimum Gasteiger partial charge on any atom is -0.495 e. The molecule has 0 amide bonds. The molecule has 0 N–H and O–H groups in total. The lowest BCUT2D eigenvalue weighted by Gasteiger charge is -2.18. The third-order valence-corrected chi connectivity index (χ3v) is 5.45. The van der Waals surface area contributed by atoms with Gasteiger partial charge in [0.25, 0.3) is 0 Å². The molecule has 0 spiro atoms. The molecule has 1 unspecified atom stereocenters. The number of rotatable bonds is 9. The Kier molecular flexibility index (Phi) is 8.41. The van der Waals surface area contributed by atoms with Gasteiger partial charge in [0.05, 0.1) is 42.8 Å². The van der Waals surface area contributed by atoms with Gasteiger partial charge >= 0.3 is 5.63 Å². The van der Waals surface area contributed by atoms with Crippen LogP contribution in [0.1, 0.15) is 21.5 Å². The van der Waals surface area contributed by atoms with Gasteiger partial charge in [0, 0.05) is 22.4 Å². The Morgan fingerprint density at radius 1 is 1.19 bits per heavy atom. The van der Waals surface area contributed by atoms with Crippen LogP contribution in [-0.4, -0.2) is 39.4 Å². The zero-order valence-electron chi connectivity index (χ0n) is 14.9. The highest BCUT2D eigenvalue weighted by atomic mass is 79.9. The van der Waals surface area contributed by atoms with Gasteiger partial charge in [0.15, 0.2) is 0 Å². The first-order valence-corrected chi connectivity index (χ1v) is 10.3. The average molecular weight is 513 g/mol. The van der Waals surface area contributed by atoms with Crippen LogP contribution in [-0.2, 0) is 9.47 Å². The molecule has 0 fully saturated rings. The summed E-state index contributed by atoms with van der Waals surface area (Å²) in [7, 11) is 1.58. The van der Waals surface area contributed by atoms with Gasteiger partial charge in [-0.3, -0.25) is 0 Å². The van der Waals surface area contributed by atoms with Crippen molar-refractivity contribution in [2.45, 2.75) is 18.7 Å². The lowest BCUT2D eigenvalue weighted by molar-refractivity contribution is 0.0545. The molecule has 0 bridgehead atoms. The number of alkyl halides is 2. The van der Waals surface area contributed by atoms with Crippen LogP contribution in [0, 0.1) is 13.8 Å². The standard InChI is InChI=1S/C18H21Br2ClO5/c1-10-15(14(20)9-25-7-6-24-5-4-21)12-8-13(19)17(23-3)11(2)16(12)26-18(10)22/h8,14H,4-7,9H2,1-3H3. The van der Waals surface area contributed by atoms with Crippen molar-refractivity contribution in [1.82, 2.24) is 0 Å². The zero-order chi connectivity index (χ0) is 19.3. The molecule has 0 radical (unpaired) electrons. The first-order valence-electron chi connectivity index (χ1n) is 8.08. The molecule has 1 heterocycles. The van der Waals surface area contributed by atoms with Crippen LogP contribution >= 0.6 is 43.5 Å². The predicted molar refractivity (Wildman–Crippen MR) is 110 cm³/mol. The third-order valence-electron chi connectivity index (χ3n) is 3.98. The molecule has 5 nitrogen and oxygen atoms in total. The van der Waals surface area contributed by atoms with Crippen molar-refractivity contribution in [3.8, 4) is 5.75 Å². The minimum atomic E-state index is -0.366. The summed E-state index contributed by atoms with van der Waals surface area (Å²) in [4.78, 5) is 12.2. The maximum absolute atomic E-state index is 12.3. The SMILES string of the molecule is COc1c(Br)cc2c(C(Br)COCCOCCCl)c(C)c(=O)oc2c1C. The van der Waals surface area contributed by atoms with Gasteiger partial charge in [-0.25, -0.2) is 4.79 Å². The lowest BCUT2D eigenvalue weighted by atomic mass is 10.0. The van der Waals surface area contributed by atoms with E-state index in [0.29, 0.717) is 49.2 Å². The number of halogens is 3. The van der Waals surface area contributed by atoms with Gasteiger partial charge in [-0.05, 0) is 41.4 Å². The first-order chi connectivity index (χ1) is 12.4. The number of hydrogen-bond acceptors (Lipinski definition) is 5. The molecule has 0 aliphatic carbocycles. The van der Waals surface area contributed by atoms with E-state index in [0.717, 1.165) is 21.0 Å². The second-order valence-corrected chi connectivity index (χ2v) is 8.00. The summed E-state index contributed by atoms with van der Waals surface area (Å²) in [5.41, 5.74) is 2.33. The number of fused-ring (bicyclic) bond motifs is 1. The van der Waals surface area contributed by atoms with Gasteiger partial charge < -0.3 is 18.6 Å². The third kappa shape index (κ3) is 4.81. The maximum Gasteiger partial charge on any atom is 0.339 e. The van der Waals surface area contributed by atoms with Gasteiger partial charge in [-0.1, -0.05) is 15.9 Å². The van der Waals surface area contributed by atoms with E-state index in [1.807, 2.05) is 13.0 Å². The Bertz CT molecular complexity index is 822. The smallest absolute Gasteiger partial charge is 0.339 e. The van der Waals surface area contributed by atoms with Crippen molar-refractivity contribution in [2.24, 2.45) is 0 Å². The molecule has 0 aliphatic heterocycles. The molecule has 0 saturated carbocycles. The molecule has 1 atom stereocenters. The number of methoxy groups -OCH3 is 1. The van der Waals surface area contributed by atoms with Crippen molar-refractivity contribution < 1.29 is 18.6 Å². The van der Waals surface area contributed by atoms with Crippen LogP contribution in [0.4, 0.5) is 0 Å². The van der Waals surface area contributed by atoms with Gasteiger partial charge in [0.1, 0.15) is 11.3 Å². The van der Waals surface area contributed by atoms with E-state index in [-0.39, 0.29) is 10.5 Å². The van der Waals surface area contributed by atoms with Gasteiger partial charge in [-0.15, -0.1) is 11.6 Å². The van der Waals surface area contributed by atoms with Crippen molar-refractivity contribution >= 4 is 54.4 Å².